The Bertz CT molecular complexity index is 472. The van der Waals surface area contributed by atoms with E-state index in [1.807, 2.05) is 0 Å². The Morgan fingerprint density at radius 1 is 1.25 bits per heavy atom. The maximum atomic E-state index is 8.70. The summed E-state index contributed by atoms with van der Waals surface area (Å²) in [6, 6.07) is 9.07. The fourth-order valence-electron chi connectivity index (χ4n) is 2.56. The summed E-state index contributed by atoms with van der Waals surface area (Å²) in [5.74, 6) is 6.01. The van der Waals surface area contributed by atoms with E-state index in [4.69, 9.17) is 5.11 Å². The molecule has 0 spiro atoms. The van der Waals surface area contributed by atoms with Crippen LogP contribution in [0.25, 0.3) is 0 Å². The fourth-order valence-corrected chi connectivity index (χ4v) is 2.56. The van der Waals surface area contributed by atoms with Gasteiger partial charge in [0.05, 0.1) is 6.61 Å². The van der Waals surface area contributed by atoms with Crippen molar-refractivity contribution in [2.24, 2.45) is 0 Å². The lowest BCUT2D eigenvalue weighted by Gasteiger charge is -2.38. The van der Waals surface area contributed by atoms with Crippen molar-refractivity contribution in [3.05, 3.63) is 35.4 Å². The van der Waals surface area contributed by atoms with Gasteiger partial charge in [0.15, 0.2) is 0 Å². The zero-order chi connectivity index (χ0) is 14.4. The summed E-state index contributed by atoms with van der Waals surface area (Å²) in [5, 5.41) is 8.70. The molecule has 3 heteroatoms. The fraction of sp³-hybridized carbons (Fsp3) is 0.529. The minimum absolute atomic E-state index is 0.131. The highest BCUT2D eigenvalue weighted by molar-refractivity contribution is 5.36. The molecule has 0 aromatic heterocycles. The first kappa shape index (κ1) is 15.1. The topological polar surface area (TPSA) is 26.7 Å². The standard InChI is InChI=1S/C17H24N2O/c1-15-13-18(2)10-11-19(15)14-17-8-6-16(7-9-17)5-3-4-12-20/h6-9,15,20H,4,10-14H2,1-2H3. The van der Waals surface area contributed by atoms with Crippen LogP contribution in [0.3, 0.4) is 0 Å². The number of hydrogen-bond acceptors (Lipinski definition) is 3. The van der Waals surface area contributed by atoms with Gasteiger partial charge in [-0.3, -0.25) is 4.90 Å². The summed E-state index contributed by atoms with van der Waals surface area (Å²) in [5.41, 5.74) is 2.36. The van der Waals surface area contributed by atoms with Gasteiger partial charge < -0.3 is 10.0 Å². The summed E-state index contributed by atoms with van der Waals surface area (Å²) < 4.78 is 0. The Hall–Kier alpha value is -1.34. The Balaban J connectivity index is 1.92. The quantitative estimate of drug-likeness (QED) is 0.846. The van der Waals surface area contributed by atoms with E-state index in [0.29, 0.717) is 12.5 Å². The van der Waals surface area contributed by atoms with Crippen molar-refractivity contribution < 1.29 is 5.11 Å². The number of benzene rings is 1. The SMILES string of the molecule is CC1CN(C)CCN1Cc1ccc(C#CCCO)cc1. The van der Waals surface area contributed by atoms with Crippen LogP contribution in [0.1, 0.15) is 24.5 Å². The zero-order valence-electron chi connectivity index (χ0n) is 12.5. The van der Waals surface area contributed by atoms with Gasteiger partial charge in [0, 0.05) is 44.2 Å². The first-order valence-electron chi connectivity index (χ1n) is 7.30. The molecule has 0 saturated carbocycles. The number of hydrogen-bond donors (Lipinski definition) is 1. The molecule has 1 fully saturated rings. The average molecular weight is 272 g/mol. The van der Waals surface area contributed by atoms with Gasteiger partial charge in [-0.15, -0.1) is 0 Å². The summed E-state index contributed by atoms with van der Waals surface area (Å²) in [7, 11) is 2.19. The van der Waals surface area contributed by atoms with Gasteiger partial charge in [0.25, 0.3) is 0 Å². The molecule has 1 aliphatic heterocycles. The van der Waals surface area contributed by atoms with Crippen molar-refractivity contribution in [2.75, 3.05) is 33.3 Å². The van der Waals surface area contributed by atoms with Gasteiger partial charge in [-0.1, -0.05) is 24.0 Å². The zero-order valence-corrected chi connectivity index (χ0v) is 12.5. The molecule has 1 aromatic carbocycles. The molecule has 3 nitrogen and oxygen atoms in total. The van der Waals surface area contributed by atoms with E-state index in [1.165, 1.54) is 5.56 Å². The van der Waals surface area contributed by atoms with Gasteiger partial charge in [-0.25, -0.2) is 0 Å². The molecule has 1 N–H and O–H groups in total. The number of aliphatic hydroxyl groups excluding tert-OH is 1. The average Bonchev–Trinajstić information content (AvgIpc) is 2.44. The van der Waals surface area contributed by atoms with Crippen molar-refractivity contribution in [3.8, 4) is 11.8 Å². The van der Waals surface area contributed by atoms with Gasteiger partial charge in [-0.2, -0.15) is 0 Å². The molecule has 0 bridgehead atoms. The molecule has 1 unspecified atom stereocenters. The van der Waals surface area contributed by atoms with Crippen LogP contribution in [-0.4, -0.2) is 54.2 Å². The van der Waals surface area contributed by atoms with Crippen LogP contribution < -0.4 is 0 Å². The molecule has 2 rings (SSSR count). The van der Waals surface area contributed by atoms with Crippen molar-refractivity contribution in [1.29, 1.82) is 0 Å². The third-order valence-corrected chi connectivity index (χ3v) is 3.78. The molecule has 1 saturated heterocycles. The van der Waals surface area contributed by atoms with Crippen LogP contribution >= 0.6 is 0 Å². The van der Waals surface area contributed by atoms with E-state index in [-0.39, 0.29) is 6.61 Å². The maximum absolute atomic E-state index is 8.70. The molecular formula is C17H24N2O. The van der Waals surface area contributed by atoms with Crippen LogP contribution in [-0.2, 0) is 6.54 Å². The van der Waals surface area contributed by atoms with Crippen LogP contribution in [0.15, 0.2) is 24.3 Å². The molecule has 1 heterocycles. The second-order valence-corrected chi connectivity index (χ2v) is 5.55. The van der Waals surface area contributed by atoms with Crippen molar-refractivity contribution in [2.45, 2.75) is 25.9 Å². The number of aliphatic hydroxyl groups is 1. The molecule has 0 amide bonds. The van der Waals surface area contributed by atoms with E-state index >= 15 is 0 Å². The molecule has 1 aliphatic rings. The van der Waals surface area contributed by atoms with Gasteiger partial charge >= 0.3 is 0 Å². The summed E-state index contributed by atoms with van der Waals surface area (Å²) in [4.78, 5) is 4.92. The normalized spacial score (nSPS) is 20.4. The lowest BCUT2D eigenvalue weighted by atomic mass is 10.1. The number of rotatable bonds is 3. The molecule has 0 radical (unpaired) electrons. The van der Waals surface area contributed by atoms with E-state index in [0.717, 1.165) is 31.7 Å². The Morgan fingerprint density at radius 3 is 2.65 bits per heavy atom. The molecule has 108 valence electrons. The minimum atomic E-state index is 0.131. The maximum Gasteiger partial charge on any atom is 0.0540 e. The van der Waals surface area contributed by atoms with Gasteiger partial charge in [-0.05, 0) is 31.7 Å². The second-order valence-electron chi connectivity index (χ2n) is 5.55. The smallest absolute Gasteiger partial charge is 0.0540 e. The number of piperazine rings is 1. The lowest BCUT2D eigenvalue weighted by molar-refractivity contribution is 0.0938. The lowest BCUT2D eigenvalue weighted by Crippen LogP contribution is -2.49. The van der Waals surface area contributed by atoms with Crippen LogP contribution in [0.5, 0.6) is 0 Å². The molecule has 0 aliphatic carbocycles. The van der Waals surface area contributed by atoms with Crippen molar-refractivity contribution >= 4 is 0 Å². The Morgan fingerprint density at radius 2 is 2.00 bits per heavy atom. The van der Waals surface area contributed by atoms with Gasteiger partial charge in [0.2, 0.25) is 0 Å². The van der Waals surface area contributed by atoms with E-state index in [1.54, 1.807) is 0 Å². The highest BCUT2D eigenvalue weighted by Gasteiger charge is 2.20. The molecule has 1 aromatic rings. The third kappa shape index (κ3) is 4.35. The first-order valence-corrected chi connectivity index (χ1v) is 7.30. The van der Waals surface area contributed by atoms with E-state index < -0.39 is 0 Å². The minimum Gasteiger partial charge on any atom is -0.395 e. The van der Waals surface area contributed by atoms with Crippen LogP contribution in [0.4, 0.5) is 0 Å². The largest absolute Gasteiger partial charge is 0.395 e. The number of nitrogens with zero attached hydrogens (tertiary/aromatic N) is 2. The second kappa shape index (κ2) is 7.44. The van der Waals surface area contributed by atoms with Gasteiger partial charge in [0.1, 0.15) is 0 Å². The molecular weight excluding hydrogens is 248 g/mol. The molecule has 1 atom stereocenters. The summed E-state index contributed by atoms with van der Waals surface area (Å²) in [6.45, 7) is 6.87. The van der Waals surface area contributed by atoms with E-state index in [2.05, 4.69) is 59.9 Å². The summed E-state index contributed by atoms with van der Waals surface area (Å²) in [6.07, 6.45) is 0.542. The molecule has 20 heavy (non-hydrogen) atoms. The van der Waals surface area contributed by atoms with Crippen LogP contribution in [0.2, 0.25) is 0 Å². The predicted octanol–water partition coefficient (Wildman–Crippen LogP) is 1.56. The first-order chi connectivity index (χ1) is 9.69. The van der Waals surface area contributed by atoms with Crippen LogP contribution in [0, 0.1) is 11.8 Å². The Labute approximate surface area is 122 Å². The monoisotopic (exact) mass is 272 g/mol. The van der Waals surface area contributed by atoms with Crippen molar-refractivity contribution in [1.82, 2.24) is 9.80 Å². The number of likely N-dealkylation sites (N-methyl/N-ethyl adjacent to an activating group) is 1. The summed E-state index contributed by atoms with van der Waals surface area (Å²) >= 11 is 0. The highest BCUT2D eigenvalue weighted by atomic mass is 16.2. The highest BCUT2D eigenvalue weighted by Crippen LogP contribution is 2.13. The predicted molar refractivity (Wildman–Crippen MR) is 82.4 cm³/mol. The third-order valence-electron chi connectivity index (χ3n) is 3.78. The Kier molecular flexibility index (Phi) is 5.60. The van der Waals surface area contributed by atoms with E-state index in [9.17, 15) is 0 Å². The van der Waals surface area contributed by atoms with Crippen molar-refractivity contribution in [3.63, 3.8) is 0 Å².